The van der Waals surface area contributed by atoms with E-state index in [2.05, 4.69) is 0 Å². The first kappa shape index (κ1) is 22.6. The van der Waals surface area contributed by atoms with Crippen LogP contribution in [0.1, 0.15) is 25.5 Å². The second kappa shape index (κ2) is 12.0. The summed E-state index contributed by atoms with van der Waals surface area (Å²) in [5.41, 5.74) is 0.824. The van der Waals surface area contributed by atoms with Crippen LogP contribution in [0.25, 0.3) is 0 Å². The lowest BCUT2D eigenvalue weighted by atomic mass is 10.1. The average molecular weight is 380 g/mol. The first-order valence-electron chi connectivity index (χ1n) is 8.54. The summed E-state index contributed by atoms with van der Waals surface area (Å²) in [6.07, 6.45) is -1.70. The normalized spacial score (nSPS) is 12.3. The first-order chi connectivity index (χ1) is 13.0. The number of ether oxygens (including phenoxy) is 4. The van der Waals surface area contributed by atoms with Gasteiger partial charge in [0.1, 0.15) is 6.61 Å². The molecule has 2 rings (SSSR count). The third-order valence-electron chi connectivity index (χ3n) is 3.46. The third kappa shape index (κ3) is 7.34. The fourth-order valence-corrected chi connectivity index (χ4v) is 2.12. The molecule has 0 aliphatic carbocycles. The Hall–Kier alpha value is -2.48. The molecule has 3 N–H and O–H groups in total. The molecule has 0 bridgehead atoms. The molecule has 2 aromatic carbocycles. The zero-order chi connectivity index (χ0) is 20.2. The van der Waals surface area contributed by atoms with Gasteiger partial charge in [-0.05, 0) is 43.7 Å². The molecule has 0 spiro atoms. The minimum absolute atomic E-state index is 0.409. The Morgan fingerprint density at radius 3 is 2.04 bits per heavy atom. The Labute approximate surface area is 159 Å². The molecule has 7 nitrogen and oxygen atoms in total. The summed E-state index contributed by atoms with van der Waals surface area (Å²) >= 11 is 0. The largest absolute Gasteiger partial charge is 0.493 e. The van der Waals surface area contributed by atoms with Crippen LogP contribution in [0.5, 0.6) is 23.0 Å². The maximum absolute atomic E-state index is 9.37. The molecule has 27 heavy (non-hydrogen) atoms. The molecule has 0 saturated heterocycles. The summed E-state index contributed by atoms with van der Waals surface area (Å²) in [6, 6.07) is 12.3. The van der Waals surface area contributed by atoms with E-state index in [1.807, 2.05) is 19.1 Å². The van der Waals surface area contributed by atoms with Crippen LogP contribution in [-0.4, -0.2) is 49.0 Å². The Bertz CT molecular complexity index is 673. The number of hydrogen-bond donors (Lipinski definition) is 3. The van der Waals surface area contributed by atoms with Crippen LogP contribution in [0.4, 0.5) is 0 Å². The van der Waals surface area contributed by atoms with Crippen molar-refractivity contribution >= 4 is 0 Å². The molecule has 0 heterocycles. The van der Waals surface area contributed by atoms with Gasteiger partial charge in [0.15, 0.2) is 23.0 Å². The SMILES string of the molecule is CCOc1ccc(C(C)O)cc1OC.COc1ccccc1OC(O)CO. The highest BCUT2D eigenvalue weighted by molar-refractivity contribution is 5.43. The van der Waals surface area contributed by atoms with E-state index in [1.165, 1.54) is 7.11 Å². The number of methoxy groups -OCH3 is 2. The number of hydrogen-bond acceptors (Lipinski definition) is 7. The summed E-state index contributed by atoms with van der Waals surface area (Å²) in [6.45, 7) is 3.79. The van der Waals surface area contributed by atoms with Crippen molar-refractivity contribution in [3.63, 3.8) is 0 Å². The number of benzene rings is 2. The summed E-state index contributed by atoms with van der Waals surface area (Å²) in [5.74, 6) is 2.30. The van der Waals surface area contributed by atoms with Crippen molar-refractivity contribution in [1.29, 1.82) is 0 Å². The van der Waals surface area contributed by atoms with Gasteiger partial charge in [0.2, 0.25) is 6.29 Å². The van der Waals surface area contributed by atoms with Gasteiger partial charge in [0, 0.05) is 0 Å². The van der Waals surface area contributed by atoms with Crippen LogP contribution in [0.3, 0.4) is 0 Å². The lowest BCUT2D eigenvalue weighted by molar-refractivity contribution is -0.0559. The summed E-state index contributed by atoms with van der Waals surface area (Å²) in [7, 11) is 3.09. The van der Waals surface area contributed by atoms with Crippen LogP contribution in [0.2, 0.25) is 0 Å². The van der Waals surface area contributed by atoms with Crippen LogP contribution in [0.15, 0.2) is 42.5 Å². The molecule has 2 unspecified atom stereocenters. The standard InChI is InChI=1S/C11H16O3.C9H12O4/c1-4-14-10-6-5-9(8(2)12)7-11(10)13-3;1-12-7-4-2-3-5-8(7)13-9(11)6-10/h5-8,12H,4H2,1-3H3;2-5,9-11H,6H2,1H3. The van der Waals surface area contributed by atoms with Crippen LogP contribution >= 0.6 is 0 Å². The molecule has 0 fully saturated rings. The predicted molar refractivity (Wildman–Crippen MR) is 102 cm³/mol. The van der Waals surface area contributed by atoms with Crippen LogP contribution in [-0.2, 0) is 0 Å². The minimum Gasteiger partial charge on any atom is -0.493 e. The van der Waals surface area contributed by atoms with Gasteiger partial charge in [0.25, 0.3) is 0 Å². The number of rotatable bonds is 8. The van der Waals surface area contributed by atoms with Crippen LogP contribution < -0.4 is 18.9 Å². The minimum atomic E-state index is -1.21. The van der Waals surface area contributed by atoms with Crippen molar-refractivity contribution in [2.75, 3.05) is 27.4 Å². The molecule has 0 amide bonds. The van der Waals surface area contributed by atoms with Gasteiger partial charge in [-0.3, -0.25) is 0 Å². The molecule has 0 saturated carbocycles. The second-order valence-electron chi connectivity index (χ2n) is 5.43. The highest BCUT2D eigenvalue weighted by atomic mass is 16.6. The number of para-hydroxylation sites is 2. The predicted octanol–water partition coefficient (Wildman–Crippen LogP) is 2.53. The Morgan fingerprint density at radius 1 is 0.889 bits per heavy atom. The lowest BCUT2D eigenvalue weighted by Crippen LogP contribution is -2.20. The van der Waals surface area contributed by atoms with Gasteiger partial charge in [-0.2, -0.15) is 0 Å². The first-order valence-corrected chi connectivity index (χ1v) is 8.54. The van der Waals surface area contributed by atoms with Gasteiger partial charge in [0.05, 0.1) is 26.9 Å². The van der Waals surface area contributed by atoms with Crippen molar-refractivity contribution in [1.82, 2.24) is 0 Å². The van der Waals surface area contributed by atoms with Crippen LogP contribution in [0, 0.1) is 0 Å². The van der Waals surface area contributed by atoms with Gasteiger partial charge in [-0.15, -0.1) is 0 Å². The highest BCUT2D eigenvalue weighted by Crippen LogP contribution is 2.30. The Balaban J connectivity index is 0.000000271. The van der Waals surface area contributed by atoms with Crippen molar-refractivity contribution < 1.29 is 34.3 Å². The maximum Gasteiger partial charge on any atom is 0.221 e. The second-order valence-corrected chi connectivity index (χ2v) is 5.43. The van der Waals surface area contributed by atoms with E-state index in [4.69, 9.17) is 29.2 Å². The van der Waals surface area contributed by atoms with Gasteiger partial charge in [-0.1, -0.05) is 18.2 Å². The molecule has 7 heteroatoms. The van der Waals surface area contributed by atoms with E-state index in [0.29, 0.717) is 29.6 Å². The molecular weight excluding hydrogens is 352 g/mol. The van der Waals surface area contributed by atoms with Crippen molar-refractivity contribution in [2.45, 2.75) is 26.2 Å². The fourth-order valence-electron chi connectivity index (χ4n) is 2.12. The maximum atomic E-state index is 9.37. The summed E-state index contributed by atoms with van der Waals surface area (Å²) < 4.78 is 20.4. The molecule has 2 aromatic rings. The highest BCUT2D eigenvalue weighted by Gasteiger charge is 2.08. The quantitative estimate of drug-likeness (QED) is 0.606. The molecule has 0 aliphatic heterocycles. The molecular formula is C20H28O7. The third-order valence-corrected chi connectivity index (χ3v) is 3.46. The molecule has 0 aliphatic rings. The summed E-state index contributed by atoms with van der Waals surface area (Å²) in [4.78, 5) is 0. The number of aliphatic hydroxyl groups excluding tert-OH is 3. The molecule has 0 aromatic heterocycles. The fraction of sp³-hybridized carbons (Fsp3) is 0.400. The van der Waals surface area contributed by atoms with Crippen molar-refractivity contribution in [2.24, 2.45) is 0 Å². The Kier molecular flexibility index (Phi) is 10.0. The molecule has 2 atom stereocenters. The zero-order valence-corrected chi connectivity index (χ0v) is 16.1. The van der Waals surface area contributed by atoms with Crippen molar-refractivity contribution in [3.8, 4) is 23.0 Å². The smallest absolute Gasteiger partial charge is 0.221 e. The monoisotopic (exact) mass is 380 g/mol. The van der Waals surface area contributed by atoms with E-state index in [-0.39, 0.29) is 0 Å². The van der Waals surface area contributed by atoms with Gasteiger partial charge >= 0.3 is 0 Å². The Morgan fingerprint density at radius 2 is 1.52 bits per heavy atom. The van der Waals surface area contributed by atoms with E-state index in [9.17, 15) is 5.11 Å². The van der Waals surface area contributed by atoms with Crippen molar-refractivity contribution in [3.05, 3.63) is 48.0 Å². The van der Waals surface area contributed by atoms with E-state index < -0.39 is 19.0 Å². The number of aliphatic hydroxyl groups is 3. The summed E-state index contributed by atoms with van der Waals surface area (Å²) in [5, 5.41) is 26.9. The molecule has 150 valence electrons. The lowest BCUT2D eigenvalue weighted by Gasteiger charge is -2.13. The van der Waals surface area contributed by atoms with Gasteiger partial charge in [-0.25, -0.2) is 0 Å². The van der Waals surface area contributed by atoms with E-state index in [0.717, 1.165) is 5.56 Å². The molecule has 0 radical (unpaired) electrons. The average Bonchev–Trinajstić information content (AvgIpc) is 2.69. The zero-order valence-electron chi connectivity index (χ0n) is 16.1. The van der Waals surface area contributed by atoms with Gasteiger partial charge < -0.3 is 34.3 Å². The van der Waals surface area contributed by atoms with E-state index >= 15 is 0 Å². The van der Waals surface area contributed by atoms with E-state index in [1.54, 1.807) is 44.4 Å². The topological polar surface area (TPSA) is 97.6 Å².